The summed E-state index contributed by atoms with van der Waals surface area (Å²) < 4.78 is 2.20. The molecule has 19 heavy (non-hydrogen) atoms. The van der Waals surface area contributed by atoms with Crippen molar-refractivity contribution in [3.05, 3.63) is 11.6 Å². The maximum atomic E-state index is 4.20. The molecule has 2 N–H and O–H groups in total. The highest BCUT2D eigenvalue weighted by atomic mass is 127. The van der Waals surface area contributed by atoms with Crippen molar-refractivity contribution in [3.63, 3.8) is 0 Å². The number of aromatic nitrogens is 3. The van der Waals surface area contributed by atoms with E-state index >= 15 is 0 Å². The van der Waals surface area contributed by atoms with Crippen LogP contribution in [-0.2, 0) is 19.5 Å². The molecule has 1 aromatic heterocycles. The molecule has 0 aliphatic carbocycles. The van der Waals surface area contributed by atoms with E-state index in [9.17, 15) is 0 Å². The summed E-state index contributed by atoms with van der Waals surface area (Å²) in [6.07, 6.45) is 4.32. The normalized spacial score (nSPS) is 13.9. The molecule has 108 valence electrons. The number of guanidine groups is 1. The Kier molecular flexibility index (Phi) is 7.51. The molecule has 0 spiro atoms. The van der Waals surface area contributed by atoms with Gasteiger partial charge in [-0.15, -0.1) is 34.2 Å². The molecule has 8 heteroatoms. The molecule has 0 saturated heterocycles. The molecule has 0 unspecified atom stereocenters. The highest BCUT2D eigenvalue weighted by Gasteiger charge is 2.16. The number of hydrogen-bond acceptors (Lipinski definition) is 4. The number of aliphatic imine (C=N–C) groups is 1. The van der Waals surface area contributed by atoms with E-state index in [1.165, 1.54) is 6.42 Å². The van der Waals surface area contributed by atoms with Crippen LogP contribution in [-0.4, -0.2) is 46.3 Å². The fourth-order valence-electron chi connectivity index (χ4n) is 2.00. The fraction of sp³-hybridized carbons (Fsp3) is 0.727. The number of rotatable bonds is 5. The van der Waals surface area contributed by atoms with Gasteiger partial charge in [-0.25, -0.2) is 0 Å². The van der Waals surface area contributed by atoms with Crippen LogP contribution in [0, 0.1) is 0 Å². The molecule has 1 aliphatic heterocycles. The van der Waals surface area contributed by atoms with Crippen molar-refractivity contribution in [1.82, 2.24) is 25.4 Å². The van der Waals surface area contributed by atoms with Crippen LogP contribution in [0.3, 0.4) is 0 Å². The van der Waals surface area contributed by atoms with Gasteiger partial charge in [-0.05, 0) is 12.7 Å². The van der Waals surface area contributed by atoms with Crippen LogP contribution in [0.4, 0.5) is 0 Å². The van der Waals surface area contributed by atoms with Gasteiger partial charge in [-0.2, -0.15) is 11.8 Å². The van der Waals surface area contributed by atoms with E-state index in [4.69, 9.17) is 0 Å². The second-order valence-corrected chi connectivity index (χ2v) is 5.12. The van der Waals surface area contributed by atoms with Crippen LogP contribution in [0.1, 0.15) is 18.1 Å². The lowest BCUT2D eigenvalue weighted by atomic mass is 10.4. The number of nitrogens with one attached hydrogen (secondary N) is 2. The second-order valence-electron chi connectivity index (χ2n) is 4.13. The third kappa shape index (κ3) is 4.51. The van der Waals surface area contributed by atoms with E-state index in [0.29, 0.717) is 6.54 Å². The Morgan fingerprint density at radius 1 is 1.42 bits per heavy atom. The second kappa shape index (κ2) is 8.62. The van der Waals surface area contributed by atoms with Gasteiger partial charge in [-0.1, -0.05) is 0 Å². The van der Waals surface area contributed by atoms with E-state index < -0.39 is 0 Å². The smallest absolute Gasteiger partial charge is 0.191 e. The first kappa shape index (κ1) is 16.5. The van der Waals surface area contributed by atoms with Crippen molar-refractivity contribution in [2.75, 3.05) is 25.6 Å². The van der Waals surface area contributed by atoms with Crippen molar-refractivity contribution >= 4 is 41.7 Å². The van der Waals surface area contributed by atoms with Crippen molar-refractivity contribution in [1.29, 1.82) is 0 Å². The van der Waals surface area contributed by atoms with Gasteiger partial charge in [0.05, 0.1) is 6.54 Å². The van der Waals surface area contributed by atoms with Gasteiger partial charge in [0.15, 0.2) is 11.8 Å². The third-order valence-electron chi connectivity index (χ3n) is 2.92. The Labute approximate surface area is 135 Å². The minimum atomic E-state index is 0. The highest BCUT2D eigenvalue weighted by Crippen LogP contribution is 2.13. The first-order valence-electron chi connectivity index (χ1n) is 6.19. The maximum absolute atomic E-state index is 4.20. The van der Waals surface area contributed by atoms with Gasteiger partial charge in [0.25, 0.3) is 0 Å². The Morgan fingerprint density at radius 2 is 2.26 bits per heavy atom. The average Bonchev–Trinajstić information content (AvgIpc) is 2.97. The van der Waals surface area contributed by atoms with E-state index in [1.807, 2.05) is 11.8 Å². The summed E-state index contributed by atoms with van der Waals surface area (Å²) in [5.74, 6) is 3.99. The average molecular weight is 396 g/mol. The zero-order chi connectivity index (χ0) is 12.8. The molecule has 0 bridgehead atoms. The molecule has 2 heterocycles. The first-order valence-corrected chi connectivity index (χ1v) is 7.59. The highest BCUT2D eigenvalue weighted by molar-refractivity contribution is 14.0. The molecule has 6 nitrogen and oxygen atoms in total. The van der Waals surface area contributed by atoms with Gasteiger partial charge >= 0.3 is 0 Å². The Hall–Kier alpha value is -0.510. The molecule has 0 aromatic carbocycles. The standard InChI is InChI=1S/C11H20N6S.HI/c1-12-11(13-5-7-18-2)14-8-10-16-15-9-4-3-6-17(9)10;/h3-8H2,1-2H3,(H2,12,13,14);1H. The minimum absolute atomic E-state index is 0. The van der Waals surface area contributed by atoms with Gasteiger partial charge in [0.1, 0.15) is 5.82 Å². The van der Waals surface area contributed by atoms with E-state index in [2.05, 4.69) is 36.6 Å². The SMILES string of the molecule is CN=C(NCCSC)NCc1nnc2n1CCC2.I. The van der Waals surface area contributed by atoms with Gasteiger partial charge in [0.2, 0.25) is 0 Å². The Morgan fingerprint density at radius 3 is 3.00 bits per heavy atom. The summed E-state index contributed by atoms with van der Waals surface area (Å²) >= 11 is 1.81. The summed E-state index contributed by atoms with van der Waals surface area (Å²) in [5.41, 5.74) is 0. The number of hydrogen-bond donors (Lipinski definition) is 2. The van der Waals surface area contributed by atoms with Crippen LogP contribution in [0.5, 0.6) is 0 Å². The van der Waals surface area contributed by atoms with Crippen molar-refractivity contribution in [3.8, 4) is 0 Å². The number of fused-ring (bicyclic) bond motifs is 1. The van der Waals surface area contributed by atoms with Crippen LogP contribution >= 0.6 is 35.7 Å². The van der Waals surface area contributed by atoms with Crippen LogP contribution < -0.4 is 10.6 Å². The Bertz CT molecular complexity index is 419. The number of aryl methyl sites for hydroxylation is 1. The van der Waals surface area contributed by atoms with E-state index in [1.54, 1.807) is 7.05 Å². The fourth-order valence-corrected chi connectivity index (χ4v) is 2.30. The zero-order valence-electron chi connectivity index (χ0n) is 11.3. The summed E-state index contributed by atoms with van der Waals surface area (Å²) in [4.78, 5) is 4.18. The quantitative estimate of drug-likeness (QED) is 0.335. The number of thioether (sulfide) groups is 1. The third-order valence-corrected chi connectivity index (χ3v) is 3.53. The lowest BCUT2D eigenvalue weighted by Crippen LogP contribution is -2.38. The van der Waals surface area contributed by atoms with Gasteiger partial charge < -0.3 is 15.2 Å². The first-order chi connectivity index (χ1) is 8.85. The van der Waals surface area contributed by atoms with Crippen LogP contribution in [0.25, 0.3) is 0 Å². The maximum Gasteiger partial charge on any atom is 0.191 e. The molecular weight excluding hydrogens is 375 g/mol. The molecule has 0 saturated carbocycles. The van der Waals surface area contributed by atoms with Crippen molar-refractivity contribution in [2.45, 2.75) is 25.9 Å². The topological polar surface area (TPSA) is 67.1 Å². The molecular formula is C11H21IN6S. The lowest BCUT2D eigenvalue weighted by Gasteiger charge is -2.11. The molecule has 0 atom stereocenters. The number of nitrogens with zero attached hydrogens (tertiary/aromatic N) is 4. The van der Waals surface area contributed by atoms with Crippen LogP contribution in [0.15, 0.2) is 4.99 Å². The molecule has 0 amide bonds. The van der Waals surface area contributed by atoms with Crippen molar-refractivity contribution in [2.24, 2.45) is 4.99 Å². The summed E-state index contributed by atoms with van der Waals surface area (Å²) in [6, 6.07) is 0. The predicted octanol–water partition coefficient (Wildman–Crippen LogP) is 0.870. The summed E-state index contributed by atoms with van der Waals surface area (Å²) in [6.45, 7) is 2.63. The van der Waals surface area contributed by atoms with Crippen LogP contribution in [0.2, 0.25) is 0 Å². The molecule has 2 rings (SSSR count). The largest absolute Gasteiger partial charge is 0.356 e. The number of halogens is 1. The van der Waals surface area contributed by atoms with Crippen molar-refractivity contribution < 1.29 is 0 Å². The monoisotopic (exact) mass is 396 g/mol. The summed E-state index contributed by atoms with van der Waals surface area (Å²) in [7, 11) is 1.78. The zero-order valence-corrected chi connectivity index (χ0v) is 14.5. The molecule has 0 fully saturated rings. The molecule has 0 radical (unpaired) electrons. The van der Waals surface area contributed by atoms with Gasteiger partial charge in [0, 0.05) is 32.3 Å². The van der Waals surface area contributed by atoms with E-state index in [-0.39, 0.29) is 24.0 Å². The Balaban J connectivity index is 0.00000180. The summed E-state index contributed by atoms with van der Waals surface area (Å²) in [5, 5.41) is 14.9. The molecule has 1 aromatic rings. The van der Waals surface area contributed by atoms with Gasteiger partial charge in [-0.3, -0.25) is 4.99 Å². The minimum Gasteiger partial charge on any atom is -0.356 e. The molecule has 1 aliphatic rings. The lowest BCUT2D eigenvalue weighted by molar-refractivity contribution is 0.664. The predicted molar refractivity (Wildman–Crippen MR) is 90.3 cm³/mol. The van der Waals surface area contributed by atoms with E-state index in [0.717, 1.165) is 42.9 Å².